The van der Waals surface area contributed by atoms with Gasteiger partial charge in [-0.25, -0.2) is 0 Å². The van der Waals surface area contributed by atoms with E-state index in [0.29, 0.717) is 6.54 Å². The van der Waals surface area contributed by atoms with Crippen molar-refractivity contribution in [3.63, 3.8) is 0 Å². The van der Waals surface area contributed by atoms with Gasteiger partial charge >= 0.3 is 0 Å². The third-order valence-corrected chi connectivity index (χ3v) is 5.17. The molecule has 2 aliphatic heterocycles. The molecule has 2 aromatic rings. The zero-order valence-electron chi connectivity index (χ0n) is 15.1. The number of rotatable bonds is 5. The predicted molar refractivity (Wildman–Crippen MR) is 99.2 cm³/mol. The van der Waals surface area contributed by atoms with Crippen molar-refractivity contribution in [1.29, 1.82) is 0 Å². The number of pyridine rings is 2. The molecule has 26 heavy (non-hydrogen) atoms. The van der Waals surface area contributed by atoms with E-state index in [9.17, 15) is 4.79 Å². The van der Waals surface area contributed by atoms with Crippen molar-refractivity contribution >= 4 is 12.0 Å². The van der Waals surface area contributed by atoms with Gasteiger partial charge < -0.3 is 14.4 Å². The summed E-state index contributed by atoms with van der Waals surface area (Å²) in [6, 6.07) is 7.88. The molecule has 0 spiro atoms. The first-order valence-electron chi connectivity index (χ1n) is 9.18. The van der Waals surface area contributed by atoms with Gasteiger partial charge in [-0.3, -0.25) is 14.9 Å². The van der Waals surface area contributed by atoms with E-state index in [1.807, 2.05) is 37.4 Å². The van der Waals surface area contributed by atoms with Crippen LogP contribution in [0.15, 0.2) is 30.5 Å². The topological polar surface area (TPSA) is 58.6 Å². The summed E-state index contributed by atoms with van der Waals surface area (Å²) in [4.78, 5) is 25.6. The number of hydrogen-bond donors (Lipinski definition) is 0. The number of fused-ring (bicyclic) bond motifs is 1. The van der Waals surface area contributed by atoms with E-state index in [2.05, 4.69) is 19.8 Å². The van der Waals surface area contributed by atoms with Crippen molar-refractivity contribution in [2.45, 2.75) is 25.9 Å². The number of aryl methyl sites for hydroxylation is 1. The summed E-state index contributed by atoms with van der Waals surface area (Å²) in [5.41, 5.74) is 5.30. The van der Waals surface area contributed by atoms with Gasteiger partial charge in [0, 0.05) is 61.4 Å². The minimum absolute atomic E-state index is 0.235. The molecule has 6 nitrogen and oxygen atoms in total. The van der Waals surface area contributed by atoms with Gasteiger partial charge in [0.1, 0.15) is 6.29 Å². The van der Waals surface area contributed by atoms with Crippen LogP contribution in [-0.2, 0) is 22.5 Å². The van der Waals surface area contributed by atoms with Crippen LogP contribution in [-0.4, -0.2) is 54.0 Å². The molecule has 136 valence electrons. The third-order valence-electron chi connectivity index (χ3n) is 5.17. The Morgan fingerprint density at radius 3 is 2.88 bits per heavy atom. The van der Waals surface area contributed by atoms with Crippen LogP contribution < -0.4 is 4.90 Å². The average molecular weight is 352 g/mol. The second-order valence-electron chi connectivity index (χ2n) is 6.86. The highest BCUT2D eigenvalue weighted by Gasteiger charge is 2.34. The quantitative estimate of drug-likeness (QED) is 0.767. The molecule has 1 saturated heterocycles. The highest BCUT2D eigenvalue weighted by molar-refractivity contribution is 5.71. The van der Waals surface area contributed by atoms with Crippen molar-refractivity contribution in [3.05, 3.63) is 53.1 Å². The average Bonchev–Trinajstić information content (AvgIpc) is 3.04. The van der Waals surface area contributed by atoms with E-state index in [1.165, 1.54) is 0 Å². The molecule has 0 aliphatic carbocycles. The molecule has 0 amide bonds. The second-order valence-corrected chi connectivity index (χ2v) is 6.86. The SMILES string of the molecule is Cc1cccc(CCN2Cc3nccc(N4CCOCC4)c3C2C=O)n1. The number of carbonyl (C=O) groups is 1. The number of hydrogen-bond acceptors (Lipinski definition) is 6. The van der Waals surface area contributed by atoms with E-state index in [0.717, 1.165) is 73.9 Å². The van der Waals surface area contributed by atoms with Crippen LogP contribution in [0.5, 0.6) is 0 Å². The van der Waals surface area contributed by atoms with Gasteiger partial charge in [0.15, 0.2) is 0 Å². The van der Waals surface area contributed by atoms with Crippen LogP contribution >= 0.6 is 0 Å². The summed E-state index contributed by atoms with van der Waals surface area (Å²) in [7, 11) is 0. The van der Waals surface area contributed by atoms with Crippen LogP contribution in [0.25, 0.3) is 0 Å². The molecule has 2 aliphatic rings. The van der Waals surface area contributed by atoms with Crippen molar-refractivity contribution in [3.8, 4) is 0 Å². The second kappa shape index (κ2) is 7.51. The molecular formula is C20H24N4O2. The maximum atomic E-state index is 12.0. The highest BCUT2D eigenvalue weighted by Crippen LogP contribution is 2.38. The summed E-state index contributed by atoms with van der Waals surface area (Å²) in [6.07, 6.45) is 3.74. The molecule has 0 bridgehead atoms. The number of ether oxygens (including phenoxy) is 1. The molecule has 4 heterocycles. The zero-order valence-corrected chi connectivity index (χ0v) is 15.1. The van der Waals surface area contributed by atoms with Crippen LogP contribution in [0.1, 0.15) is 28.7 Å². The van der Waals surface area contributed by atoms with Crippen molar-refractivity contribution < 1.29 is 9.53 Å². The Bertz CT molecular complexity index is 789. The Balaban J connectivity index is 1.54. The van der Waals surface area contributed by atoms with E-state index in [-0.39, 0.29) is 6.04 Å². The van der Waals surface area contributed by atoms with Crippen LogP contribution in [0.2, 0.25) is 0 Å². The Hall–Kier alpha value is -2.31. The number of carbonyl (C=O) groups excluding carboxylic acids is 1. The third kappa shape index (κ3) is 3.34. The molecule has 1 unspecified atom stereocenters. The largest absolute Gasteiger partial charge is 0.378 e. The Morgan fingerprint density at radius 2 is 2.12 bits per heavy atom. The maximum absolute atomic E-state index is 12.0. The summed E-state index contributed by atoms with van der Waals surface area (Å²) in [5.74, 6) is 0. The van der Waals surface area contributed by atoms with Gasteiger partial charge in [-0.1, -0.05) is 6.07 Å². The number of aldehydes is 1. The van der Waals surface area contributed by atoms with Gasteiger partial charge in [-0.15, -0.1) is 0 Å². The number of nitrogens with zero attached hydrogens (tertiary/aromatic N) is 4. The molecule has 0 radical (unpaired) electrons. The van der Waals surface area contributed by atoms with Crippen molar-refractivity contribution in [2.75, 3.05) is 37.7 Å². The number of anilines is 1. The Labute approximate surface area is 153 Å². The minimum Gasteiger partial charge on any atom is -0.378 e. The molecule has 4 rings (SSSR count). The van der Waals surface area contributed by atoms with Gasteiger partial charge in [0.05, 0.1) is 24.9 Å². The first-order valence-corrected chi connectivity index (χ1v) is 9.18. The monoisotopic (exact) mass is 352 g/mol. The fourth-order valence-corrected chi connectivity index (χ4v) is 3.88. The van der Waals surface area contributed by atoms with Crippen LogP contribution in [0, 0.1) is 6.92 Å². The Kier molecular flexibility index (Phi) is 4.95. The number of morpholine rings is 1. The molecule has 2 aromatic heterocycles. The summed E-state index contributed by atoms with van der Waals surface area (Å²) in [5, 5.41) is 0. The van der Waals surface area contributed by atoms with E-state index in [4.69, 9.17) is 4.74 Å². The fourth-order valence-electron chi connectivity index (χ4n) is 3.88. The van der Waals surface area contributed by atoms with E-state index in [1.54, 1.807) is 0 Å². The van der Waals surface area contributed by atoms with E-state index < -0.39 is 0 Å². The predicted octanol–water partition coefficient (Wildman–Crippen LogP) is 1.92. The van der Waals surface area contributed by atoms with Crippen molar-refractivity contribution in [1.82, 2.24) is 14.9 Å². The molecule has 0 N–H and O–H groups in total. The van der Waals surface area contributed by atoms with Crippen LogP contribution in [0.4, 0.5) is 5.69 Å². The van der Waals surface area contributed by atoms with Gasteiger partial charge in [-0.05, 0) is 25.1 Å². The molecule has 1 fully saturated rings. The smallest absolute Gasteiger partial charge is 0.141 e. The van der Waals surface area contributed by atoms with Gasteiger partial charge in [0.25, 0.3) is 0 Å². The van der Waals surface area contributed by atoms with Crippen molar-refractivity contribution in [2.24, 2.45) is 0 Å². The molecule has 1 atom stereocenters. The first-order chi connectivity index (χ1) is 12.8. The zero-order chi connectivity index (χ0) is 17.9. The fraction of sp³-hybridized carbons (Fsp3) is 0.450. The highest BCUT2D eigenvalue weighted by atomic mass is 16.5. The molecule has 0 saturated carbocycles. The van der Waals surface area contributed by atoms with Crippen LogP contribution in [0.3, 0.4) is 0 Å². The van der Waals surface area contributed by atoms with Gasteiger partial charge in [-0.2, -0.15) is 0 Å². The van der Waals surface area contributed by atoms with E-state index >= 15 is 0 Å². The minimum atomic E-state index is -0.235. The Morgan fingerprint density at radius 1 is 1.27 bits per heavy atom. The molecular weight excluding hydrogens is 328 g/mol. The van der Waals surface area contributed by atoms with Gasteiger partial charge in [0.2, 0.25) is 0 Å². The number of aromatic nitrogens is 2. The lowest BCUT2D eigenvalue weighted by Crippen LogP contribution is -2.37. The normalized spacial score (nSPS) is 20.2. The summed E-state index contributed by atoms with van der Waals surface area (Å²) >= 11 is 0. The maximum Gasteiger partial charge on any atom is 0.141 e. The lowest BCUT2D eigenvalue weighted by Gasteiger charge is -2.31. The molecule has 6 heteroatoms. The summed E-state index contributed by atoms with van der Waals surface area (Å²) < 4.78 is 5.47. The molecule has 0 aromatic carbocycles. The summed E-state index contributed by atoms with van der Waals surface area (Å²) in [6.45, 7) is 6.67. The standard InChI is InChI=1S/C20H24N4O2/c1-15-3-2-4-16(22-15)6-8-24-13-17-20(19(24)14-25)18(5-7-21-17)23-9-11-26-12-10-23/h2-5,7,14,19H,6,8-13H2,1H3. The lowest BCUT2D eigenvalue weighted by atomic mass is 10.1. The first kappa shape index (κ1) is 17.1. The lowest BCUT2D eigenvalue weighted by molar-refractivity contribution is -0.112.